The number of halogens is 1. The molecule has 9 heteroatoms. The number of anilines is 1. The highest BCUT2D eigenvalue weighted by Crippen LogP contribution is 2.31. The predicted molar refractivity (Wildman–Crippen MR) is 53.9 cm³/mol. The van der Waals surface area contributed by atoms with Gasteiger partial charge in [0.15, 0.2) is 0 Å². The maximum absolute atomic E-state index is 11.0. The third-order valence-electron chi connectivity index (χ3n) is 1.58. The maximum Gasteiger partial charge on any atom is 0.289 e. The lowest BCUT2D eigenvalue weighted by Crippen LogP contribution is -2.14. The molecule has 15 heavy (non-hydrogen) atoms. The number of nitrogen functional groups attached to an aromatic ring is 1. The van der Waals surface area contributed by atoms with E-state index < -0.39 is 25.5 Å². The molecule has 0 saturated carbocycles. The maximum atomic E-state index is 11.0. The van der Waals surface area contributed by atoms with Gasteiger partial charge in [0.1, 0.15) is 9.92 Å². The van der Waals surface area contributed by atoms with Gasteiger partial charge in [0.25, 0.3) is 5.69 Å². The summed E-state index contributed by atoms with van der Waals surface area (Å²) in [6.45, 7) is 0. The first-order valence-electron chi connectivity index (χ1n) is 3.49. The Morgan fingerprint density at radius 2 is 1.93 bits per heavy atom. The van der Waals surface area contributed by atoms with Gasteiger partial charge in [0, 0.05) is 6.07 Å². The standard InChI is InChI=1S/C6H6ClN3O4S/c7-3-1-4(8)6(15(9,13)14)2-5(3)10(11)12/h1-2H,8H2,(H2,9,13,14). The molecule has 0 aliphatic rings. The van der Waals surface area contributed by atoms with Crippen molar-refractivity contribution in [3.8, 4) is 0 Å². The van der Waals surface area contributed by atoms with Crippen molar-refractivity contribution in [1.82, 2.24) is 0 Å². The first kappa shape index (κ1) is 11.7. The van der Waals surface area contributed by atoms with Crippen LogP contribution in [0.2, 0.25) is 5.02 Å². The number of nitrogens with zero attached hydrogens (tertiary/aromatic N) is 1. The largest absolute Gasteiger partial charge is 0.398 e. The number of hydrogen-bond donors (Lipinski definition) is 2. The number of hydrogen-bond acceptors (Lipinski definition) is 5. The van der Waals surface area contributed by atoms with Crippen molar-refractivity contribution in [3.05, 3.63) is 27.3 Å². The highest BCUT2D eigenvalue weighted by molar-refractivity contribution is 7.89. The van der Waals surface area contributed by atoms with E-state index in [-0.39, 0.29) is 10.7 Å². The minimum Gasteiger partial charge on any atom is -0.398 e. The van der Waals surface area contributed by atoms with Crippen LogP contribution in [0.3, 0.4) is 0 Å². The van der Waals surface area contributed by atoms with Crippen molar-refractivity contribution < 1.29 is 13.3 Å². The molecule has 0 aliphatic carbocycles. The van der Waals surface area contributed by atoms with Gasteiger partial charge in [-0.25, -0.2) is 13.6 Å². The van der Waals surface area contributed by atoms with Crippen molar-refractivity contribution in [2.24, 2.45) is 5.14 Å². The predicted octanol–water partition coefficient (Wildman–Crippen LogP) is 0.478. The first-order valence-corrected chi connectivity index (χ1v) is 5.42. The molecule has 0 bridgehead atoms. The molecule has 7 nitrogen and oxygen atoms in total. The fraction of sp³-hybridized carbons (Fsp3) is 0. The van der Waals surface area contributed by atoms with Crippen molar-refractivity contribution >= 4 is 33.0 Å². The number of sulfonamides is 1. The smallest absolute Gasteiger partial charge is 0.289 e. The van der Waals surface area contributed by atoms with E-state index in [1.54, 1.807) is 0 Å². The van der Waals surface area contributed by atoms with Crippen LogP contribution in [-0.4, -0.2) is 13.3 Å². The molecule has 1 rings (SSSR count). The summed E-state index contributed by atoms with van der Waals surface area (Å²) < 4.78 is 21.9. The zero-order chi connectivity index (χ0) is 11.8. The lowest BCUT2D eigenvalue weighted by molar-refractivity contribution is -0.384. The fourth-order valence-corrected chi connectivity index (χ4v) is 1.85. The second-order valence-electron chi connectivity index (χ2n) is 2.64. The topological polar surface area (TPSA) is 129 Å². The van der Waals surface area contributed by atoms with Gasteiger partial charge in [-0.05, 0) is 6.07 Å². The van der Waals surface area contributed by atoms with Gasteiger partial charge in [-0.2, -0.15) is 0 Å². The third-order valence-corrected chi connectivity index (χ3v) is 2.85. The molecule has 0 atom stereocenters. The second-order valence-corrected chi connectivity index (χ2v) is 4.58. The second kappa shape index (κ2) is 3.65. The van der Waals surface area contributed by atoms with Crippen LogP contribution in [0.1, 0.15) is 0 Å². The summed E-state index contributed by atoms with van der Waals surface area (Å²) in [7, 11) is -4.09. The summed E-state index contributed by atoms with van der Waals surface area (Å²) in [5.41, 5.74) is 4.52. The van der Waals surface area contributed by atoms with Crippen molar-refractivity contribution in [2.75, 3.05) is 5.73 Å². The SMILES string of the molecule is Nc1cc(Cl)c([N+](=O)[O-])cc1S(N)(=O)=O. The van der Waals surface area contributed by atoms with Gasteiger partial charge in [-0.3, -0.25) is 10.1 Å². The fourth-order valence-electron chi connectivity index (χ4n) is 0.944. The third kappa shape index (κ3) is 2.35. The Balaban J connectivity index is 3.58. The van der Waals surface area contributed by atoms with Gasteiger partial charge >= 0.3 is 0 Å². The van der Waals surface area contributed by atoms with Crippen LogP contribution in [0.4, 0.5) is 11.4 Å². The van der Waals surface area contributed by atoms with Crippen LogP contribution in [-0.2, 0) is 10.0 Å². The van der Waals surface area contributed by atoms with Crippen LogP contribution in [0, 0.1) is 10.1 Å². The summed E-state index contributed by atoms with van der Waals surface area (Å²) in [5.74, 6) is 0. The van der Waals surface area contributed by atoms with E-state index in [1.165, 1.54) is 0 Å². The monoisotopic (exact) mass is 251 g/mol. The van der Waals surface area contributed by atoms with Crippen LogP contribution in [0.25, 0.3) is 0 Å². The number of benzene rings is 1. The Hall–Kier alpha value is -1.38. The van der Waals surface area contributed by atoms with Crippen LogP contribution >= 0.6 is 11.6 Å². The number of nitrogens with two attached hydrogens (primary N) is 2. The average molecular weight is 252 g/mol. The summed E-state index contributed by atoms with van der Waals surface area (Å²) in [6.07, 6.45) is 0. The van der Waals surface area contributed by atoms with E-state index >= 15 is 0 Å². The molecule has 1 aromatic rings. The summed E-state index contributed by atoms with van der Waals surface area (Å²) in [4.78, 5) is 9.12. The van der Waals surface area contributed by atoms with Gasteiger partial charge in [0.2, 0.25) is 10.0 Å². The van der Waals surface area contributed by atoms with Gasteiger partial charge in [-0.1, -0.05) is 11.6 Å². The Bertz CT molecular complexity index is 527. The number of nitro benzene ring substituents is 1. The van der Waals surface area contributed by atoms with Crippen molar-refractivity contribution in [1.29, 1.82) is 0 Å². The molecule has 82 valence electrons. The van der Waals surface area contributed by atoms with E-state index in [0.717, 1.165) is 12.1 Å². The molecule has 0 spiro atoms. The van der Waals surface area contributed by atoms with E-state index in [0.29, 0.717) is 0 Å². The molecule has 0 heterocycles. The first-order chi connectivity index (χ1) is 6.73. The lowest BCUT2D eigenvalue weighted by Gasteiger charge is -2.03. The minimum absolute atomic E-state index is 0.229. The van der Waals surface area contributed by atoms with Crippen LogP contribution in [0.5, 0.6) is 0 Å². The highest BCUT2D eigenvalue weighted by atomic mass is 35.5. The summed E-state index contributed by atoms with van der Waals surface area (Å²) in [6, 6.07) is 1.70. The summed E-state index contributed by atoms with van der Waals surface area (Å²) >= 11 is 5.49. The van der Waals surface area contributed by atoms with Gasteiger partial charge < -0.3 is 5.73 Å². The van der Waals surface area contributed by atoms with Gasteiger partial charge in [-0.15, -0.1) is 0 Å². The number of primary sulfonamides is 1. The van der Waals surface area contributed by atoms with E-state index in [1.807, 2.05) is 0 Å². The summed E-state index contributed by atoms with van der Waals surface area (Å²) in [5, 5.41) is 15.0. The zero-order valence-electron chi connectivity index (χ0n) is 7.18. The zero-order valence-corrected chi connectivity index (χ0v) is 8.75. The molecule has 0 saturated heterocycles. The molecule has 0 fully saturated rings. The average Bonchev–Trinajstić information content (AvgIpc) is 2.00. The Morgan fingerprint density at radius 3 is 2.33 bits per heavy atom. The number of nitro groups is 1. The minimum atomic E-state index is -4.09. The van der Waals surface area contributed by atoms with Gasteiger partial charge in [0.05, 0.1) is 10.6 Å². The molecule has 4 N–H and O–H groups in total. The Kier molecular flexibility index (Phi) is 2.84. The van der Waals surface area contributed by atoms with Crippen LogP contribution in [0.15, 0.2) is 17.0 Å². The molecule has 0 aliphatic heterocycles. The molecular weight excluding hydrogens is 246 g/mol. The molecule has 0 radical (unpaired) electrons. The lowest BCUT2D eigenvalue weighted by atomic mass is 10.3. The van der Waals surface area contributed by atoms with Crippen molar-refractivity contribution in [2.45, 2.75) is 4.90 Å². The molecule has 1 aromatic carbocycles. The van der Waals surface area contributed by atoms with E-state index in [9.17, 15) is 18.5 Å². The quantitative estimate of drug-likeness (QED) is 0.448. The molecule has 0 aromatic heterocycles. The molecule has 0 unspecified atom stereocenters. The van der Waals surface area contributed by atoms with E-state index in [4.69, 9.17) is 22.5 Å². The van der Waals surface area contributed by atoms with Crippen LogP contribution < -0.4 is 10.9 Å². The molecular formula is C6H6ClN3O4S. The van der Waals surface area contributed by atoms with E-state index in [2.05, 4.69) is 0 Å². The van der Waals surface area contributed by atoms with Crippen molar-refractivity contribution in [3.63, 3.8) is 0 Å². The highest BCUT2D eigenvalue weighted by Gasteiger charge is 2.21. The molecule has 0 amide bonds. The Morgan fingerprint density at radius 1 is 1.40 bits per heavy atom. The normalized spacial score (nSPS) is 11.3. The Labute approximate surface area is 89.8 Å². The number of rotatable bonds is 2.